The molecule has 1 atom stereocenters. The van der Waals surface area contributed by atoms with Crippen molar-refractivity contribution in [2.45, 2.75) is 51.1 Å². The van der Waals surface area contributed by atoms with Gasteiger partial charge in [-0.15, -0.1) is 0 Å². The summed E-state index contributed by atoms with van der Waals surface area (Å²) in [6.07, 6.45) is 4.26. The Labute approximate surface area is 143 Å². The normalized spacial score (nSPS) is 22.7. The van der Waals surface area contributed by atoms with E-state index in [1.807, 2.05) is 36.1 Å². The lowest BCUT2D eigenvalue weighted by Gasteiger charge is -2.38. The maximum Gasteiger partial charge on any atom is 0.234 e. The van der Waals surface area contributed by atoms with E-state index < -0.39 is 0 Å². The van der Waals surface area contributed by atoms with E-state index in [4.69, 9.17) is 5.73 Å². The van der Waals surface area contributed by atoms with Crippen molar-refractivity contribution in [3.63, 3.8) is 0 Å². The van der Waals surface area contributed by atoms with Gasteiger partial charge in [0, 0.05) is 19.1 Å². The van der Waals surface area contributed by atoms with Gasteiger partial charge in [0.05, 0.1) is 12.5 Å². The fraction of sp³-hybridized carbons (Fsp3) is 0.579. The standard InChI is InChI=1S/C19H27N3O2/c1-14-5-2-3-6-15(14)13-18(23)21-11-8-16(9-12-21)22-10-4-7-17(22)19(20)24/h2-3,5-6,16-17H,4,7-13H2,1H3,(H2,20,24)/t17-/m0/s1. The lowest BCUT2D eigenvalue weighted by atomic mass is 10.00. The Morgan fingerprint density at radius 2 is 1.83 bits per heavy atom. The number of hydrogen-bond donors (Lipinski definition) is 1. The number of carbonyl (C=O) groups is 2. The van der Waals surface area contributed by atoms with Crippen LogP contribution in [0.3, 0.4) is 0 Å². The van der Waals surface area contributed by atoms with Crippen LogP contribution in [0.4, 0.5) is 0 Å². The van der Waals surface area contributed by atoms with Gasteiger partial charge in [0.1, 0.15) is 0 Å². The number of carbonyl (C=O) groups excluding carboxylic acids is 2. The van der Waals surface area contributed by atoms with Crippen LogP contribution in [-0.4, -0.2) is 53.3 Å². The summed E-state index contributed by atoms with van der Waals surface area (Å²) in [6, 6.07) is 8.34. The highest BCUT2D eigenvalue weighted by Gasteiger charge is 2.36. The van der Waals surface area contributed by atoms with Crippen molar-refractivity contribution >= 4 is 11.8 Å². The highest BCUT2D eigenvalue weighted by molar-refractivity contribution is 5.80. The minimum atomic E-state index is -0.203. The Hall–Kier alpha value is -1.88. The fourth-order valence-corrected chi connectivity index (χ4v) is 4.06. The molecule has 2 fully saturated rings. The summed E-state index contributed by atoms with van der Waals surface area (Å²) in [4.78, 5) is 28.4. The first-order valence-corrected chi connectivity index (χ1v) is 8.93. The molecule has 0 unspecified atom stereocenters. The van der Waals surface area contributed by atoms with Gasteiger partial charge in [-0.3, -0.25) is 14.5 Å². The third-order valence-corrected chi connectivity index (χ3v) is 5.51. The van der Waals surface area contributed by atoms with Crippen LogP contribution in [0.5, 0.6) is 0 Å². The summed E-state index contributed by atoms with van der Waals surface area (Å²) < 4.78 is 0. The molecule has 0 aromatic heterocycles. The van der Waals surface area contributed by atoms with Crippen LogP contribution in [0.15, 0.2) is 24.3 Å². The Morgan fingerprint density at radius 3 is 2.50 bits per heavy atom. The van der Waals surface area contributed by atoms with Gasteiger partial charge in [0.2, 0.25) is 11.8 Å². The van der Waals surface area contributed by atoms with E-state index in [1.165, 1.54) is 5.56 Å². The number of benzene rings is 1. The van der Waals surface area contributed by atoms with Crippen LogP contribution >= 0.6 is 0 Å². The molecule has 2 aliphatic rings. The molecule has 2 amide bonds. The van der Waals surface area contributed by atoms with Crippen LogP contribution < -0.4 is 5.73 Å². The van der Waals surface area contributed by atoms with E-state index in [-0.39, 0.29) is 17.9 Å². The first-order chi connectivity index (χ1) is 11.6. The molecule has 0 spiro atoms. The highest BCUT2D eigenvalue weighted by atomic mass is 16.2. The van der Waals surface area contributed by atoms with E-state index in [2.05, 4.69) is 4.90 Å². The topological polar surface area (TPSA) is 66.6 Å². The molecular formula is C19H27N3O2. The van der Waals surface area contributed by atoms with Crippen LogP contribution in [0.25, 0.3) is 0 Å². The van der Waals surface area contributed by atoms with Crippen molar-refractivity contribution in [2.24, 2.45) is 5.73 Å². The number of nitrogens with two attached hydrogens (primary N) is 1. The van der Waals surface area contributed by atoms with Crippen molar-refractivity contribution in [1.82, 2.24) is 9.80 Å². The predicted octanol–water partition coefficient (Wildman–Crippen LogP) is 1.48. The fourth-order valence-electron chi connectivity index (χ4n) is 4.06. The molecule has 2 N–H and O–H groups in total. The molecule has 2 heterocycles. The molecule has 2 aliphatic heterocycles. The molecule has 1 aromatic rings. The van der Waals surface area contributed by atoms with Gasteiger partial charge in [-0.2, -0.15) is 0 Å². The largest absolute Gasteiger partial charge is 0.368 e. The Balaban J connectivity index is 1.54. The molecule has 0 radical (unpaired) electrons. The predicted molar refractivity (Wildman–Crippen MR) is 93.4 cm³/mol. The number of nitrogens with zero attached hydrogens (tertiary/aromatic N) is 2. The zero-order valence-electron chi connectivity index (χ0n) is 14.4. The van der Waals surface area contributed by atoms with Gasteiger partial charge in [0.25, 0.3) is 0 Å². The third kappa shape index (κ3) is 3.61. The number of rotatable bonds is 4. The molecular weight excluding hydrogens is 302 g/mol. The number of likely N-dealkylation sites (tertiary alicyclic amines) is 2. The summed E-state index contributed by atoms with van der Waals surface area (Å²) in [5.74, 6) is 0.00109. The summed E-state index contributed by atoms with van der Waals surface area (Å²) >= 11 is 0. The summed E-state index contributed by atoms with van der Waals surface area (Å²) in [7, 11) is 0. The second kappa shape index (κ2) is 7.34. The molecule has 1 aromatic carbocycles. The lowest BCUT2D eigenvalue weighted by molar-refractivity contribution is -0.133. The van der Waals surface area contributed by atoms with Crippen molar-refractivity contribution in [2.75, 3.05) is 19.6 Å². The molecule has 5 heteroatoms. The summed E-state index contributed by atoms with van der Waals surface area (Å²) in [5.41, 5.74) is 7.80. The minimum absolute atomic E-state index is 0.107. The van der Waals surface area contributed by atoms with E-state index in [0.29, 0.717) is 12.5 Å². The summed E-state index contributed by atoms with van der Waals surface area (Å²) in [6.45, 7) is 4.55. The maximum absolute atomic E-state index is 12.6. The molecule has 130 valence electrons. The average Bonchev–Trinajstić information content (AvgIpc) is 3.07. The molecule has 0 saturated carbocycles. The van der Waals surface area contributed by atoms with Crippen molar-refractivity contribution in [3.8, 4) is 0 Å². The van der Waals surface area contributed by atoms with Crippen LogP contribution in [0, 0.1) is 6.92 Å². The highest BCUT2D eigenvalue weighted by Crippen LogP contribution is 2.26. The van der Waals surface area contributed by atoms with E-state index in [9.17, 15) is 9.59 Å². The van der Waals surface area contributed by atoms with E-state index in [0.717, 1.165) is 50.9 Å². The van der Waals surface area contributed by atoms with Crippen molar-refractivity contribution in [1.29, 1.82) is 0 Å². The van der Waals surface area contributed by atoms with Gasteiger partial charge in [-0.25, -0.2) is 0 Å². The molecule has 24 heavy (non-hydrogen) atoms. The second-order valence-corrected chi connectivity index (χ2v) is 7.01. The SMILES string of the molecule is Cc1ccccc1CC(=O)N1CCC(N2CCC[C@H]2C(N)=O)CC1. The third-order valence-electron chi connectivity index (χ3n) is 5.51. The van der Waals surface area contributed by atoms with Crippen LogP contribution in [-0.2, 0) is 16.0 Å². The first-order valence-electron chi connectivity index (χ1n) is 8.93. The molecule has 0 aliphatic carbocycles. The molecule has 5 nitrogen and oxygen atoms in total. The monoisotopic (exact) mass is 329 g/mol. The smallest absolute Gasteiger partial charge is 0.234 e. The Kier molecular flexibility index (Phi) is 5.19. The maximum atomic E-state index is 12.6. The number of primary amides is 1. The van der Waals surface area contributed by atoms with Crippen LogP contribution in [0.1, 0.15) is 36.8 Å². The number of piperidine rings is 1. The van der Waals surface area contributed by atoms with Gasteiger partial charge in [-0.1, -0.05) is 24.3 Å². The molecule has 2 saturated heterocycles. The van der Waals surface area contributed by atoms with E-state index >= 15 is 0 Å². The van der Waals surface area contributed by atoms with Crippen LogP contribution in [0.2, 0.25) is 0 Å². The van der Waals surface area contributed by atoms with Crippen molar-refractivity contribution in [3.05, 3.63) is 35.4 Å². The van der Waals surface area contributed by atoms with Gasteiger partial charge in [0.15, 0.2) is 0 Å². The molecule has 3 rings (SSSR count). The number of amides is 2. The first kappa shape index (κ1) is 17.0. The lowest BCUT2D eigenvalue weighted by Crippen LogP contribution is -2.51. The van der Waals surface area contributed by atoms with Crippen molar-refractivity contribution < 1.29 is 9.59 Å². The molecule has 0 bridgehead atoms. The zero-order chi connectivity index (χ0) is 17.1. The Morgan fingerprint density at radius 1 is 1.12 bits per heavy atom. The van der Waals surface area contributed by atoms with Gasteiger partial charge in [-0.05, 0) is 50.3 Å². The Bertz CT molecular complexity index is 608. The second-order valence-electron chi connectivity index (χ2n) is 7.01. The van der Waals surface area contributed by atoms with E-state index in [1.54, 1.807) is 0 Å². The minimum Gasteiger partial charge on any atom is -0.368 e. The number of aryl methyl sites for hydroxylation is 1. The number of hydrogen-bond acceptors (Lipinski definition) is 3. The zero-order valence-corrected chi connectivity index (χ0v) is 14.4. The summed E-state index contributed by atoms with van der Waals surface area (Å²) in [5, 5.41) is 0. The van der Waals surface area contributed by atoms with Gasteiger partial charge < -0.3 is 10.6 Å². The van der Waals surface area contributed by atoms with Gasteiger partial charge >= 0.3 is 0 Å². The average molecular weight is 329 g/mol. The quantitative estimate of drug-likeness (QED) is 0.910.